The number of hydrogen-bond acceptors (Lipinski definition) is 5. The molecular weight excluding hydrogens is 478 g/mol. The van der Waals surface area contributed by atoms with E-state index in [0.29, 0.717) is 6.54 Å². The van der Waals surface area contributed by atoms with E-state index in [1.54, 1.807) is 0 Å². The van der Waals surface area contributed by atoms with E-state index in [1.165, 1.54) is 10.4 Å². The van der Waals surface area contributed by atoms with E-state index in [2.05, 4.69) is 58.6 Å². The number of ketones is 1. The third-order valence-corrected chi connectivity index (χ3v) is 10.3. The van der Waals surface area contributed by atoms with E-state index in [9.17, 15) is 9.59 Å². The summed E-state index contributed by atoms with van der Waals surface area (Å²) in [4.78, 5) is 29.8. The molecule has 1 N–H and O–H groups in total. The lowest BCUT2D eigenvalue weighted by atomic mass is 9.95. The molecule has 37 heavy (non-hydrogen) atoms. The highest BCUT2D eigenvalue weighted by atomic mass is 28.3. The fraction of sp³-hybridized carbons (Fsp3) is 0.467. The number of allylic oxidation sites excluding steroid dienone is 1. The molecule has 0 spiro atoms. The molecule has 6 nitrogen and oxygen atoms in total. The predicted molar refractivity (Wildman–Crippen MR) is 159 cm³/mol. The molecule has 0 bridgehead atoms. The normalized spacial score (nSPS) is 14.2. The molecule has 200 valence electrons. The van der Waals surface area contributed by atoms with E-state index >= 15 is 0 Å². The first-order valence-corrected chi connectivity index (χ1v) is 16.1. The van der Waals surface area contributed by atoms with E-state index < -0.39 is 13.7 Å². The summed E-state index contributed by atoms with van der Waals surface area (Å²) >= 11 is 0. The molecule has 1 heterocycles. The third kappa shape index (κ3) is 6.63. The van der Waals surface area contributed by atoms with Crippen LogP contribution < -0.4 is 25.5 Å². The van der Waals surface area contributed by atoms with Gasteiger partial charge in [-0.1, -0.05) is 25.2 Å². The van der Waals surface area contributed by atoms with Crippen molar-refractivity contribution in [1.82, 2.24) is 5.32 Å². The minimum absolute atomic E-state index is 0.119. The van der Waals surface area contributed by atoms with Gasteiger partial charge in [0.25, 0.3) is 0 Å². The van der Waals surface area contributed by atoms with Crippen LogP contribution in [0.15, 0.2) is 36.4 Å². The molecule has 0 atom stereocenters. The van der Waals surface area contributed by atoms with Crippen LogP contribution in [0.2, 0.25) is 13.1 Å². The Balaban J connectivity index is 1.81. The monoisotopic (exact) mass is 521 g/mol. The first-order valence-electron chi connectivity index (χ1n) is 13.1. The van der Waals surface area contributed by atoms with Gasteiger partial charge in [0.05, 0.1) is 0 Å². The molecule has 0 aliphatic carbocycles. The second kappa shape index (κ2) is 11.1. The quantitative estimate of drug-likeness (QED) is 0.396. The zero-order valence-electron chi connectivity index (χ0n) is 24.0. The first kappa shape index (κ1) is 28.5. The van der Waals surface area contributed by atoms with Crippen molar-refractivity contribution in [3.05, 3.63) is 53.1 Å². The molecule has 3 rings (SSSR count). The van der Waals surface area contributed by atoms with E-state index in [1.807, 2.05) is 61.1 Å². The Morgan fingerprint density at radius 2 is 1.62 bits per heavy atom. The minimum Gasteiger partial charge on any atom is -0.444 e. The number of carbonyl (C=O) groups excluding carboxylic acids is 2. The van der Waals surface area contributed by atoms with Gasteiger partial charge >= 0.3 is 6.09 Å². The van der Waals surface area contributed by atoms with Gasteiger partial charge in [-0.2, -0.15) is 0 Å². The second-order valence-corrected chi connectivity index (χ2v) is 16.1. The Morgan fingerprint density at radius 3 is 2.24 bits per heavy atom. The summed E-state index contributed by atoms with van der Waals surface area (Å²) in [5.41, 5.74) is 4.43. The highest BCUT2D eigenvalue weighted by Gasteiger charge is 2.40. The van der Waals surface area contributed by atoms with Crippen LogP contribution in [0.5, 0.6) is 0 Å². The standard InChI is InChI=1S/C30H43N3O3Si/c1-30(2,3)36-29(35)31-17-13-11-10-12-14-21-18-23(33(6)7)20-26-27(21)28(34)24-16-15-22(32(4)5)19-25(24)37(26,8)9/h12,14-16,18-20H,10-11,13,17H2,1-9H3,(H,31,35)/b14-12+. The number of benzene rings is 2. The molecule has 1 amide bonds. The van der Waals surface area contributed by atoms with Crippen molar-refractivity contribution in [3.8, 4) is 0 Å². The summed E-state index contributed by atoms with van der Waals surface area (Å²) < 4.78 is 5.28. The van der Waals surface area contributed by atoms with Crippen LogP contribution in [-0.2, 0) is 4.74 Å². The Hall–Kier alpha value is -3.06. The maximum Gasteiger partial charge on any atom is 0.407 e. The van der Waals surface area contributed by atoms with Crippen molar-refractivity contribution in [3.63, 3.8) is 0 Å². The molecule has 0 saturated heterocycles. The van der Waals surface area contributed by atoms with Gasteiger partial charge in [-0.15, -0.1) is 0 Å². The number of carbonyl (C=O) groups is 2. The van der Waals surface area contributed by atoms with Crippen LogP contribution in [0.3, 0.4) is 0 Å². The summed E-state index contributed by atoms with van der Waals surface area (Å²) in [5.74, 6) is 0.119. The number of amides is 1. The number of hydrogen-bond donors (Lipinski definition) is 1. The highest BCUT2D eigenvalue weighted by molar-refractivity contribution is 7.02. The first-order chi connectivity index (χ1) is 17.2. The van der Waals surface area contributed by atoms with Crippen molar-refractivity contribution < 1.29 is 14.3 Å². The minimum atomic E-state index is -2.11. The van der Waals surface area contributed by atoms with E-state index in [0.717, 1.165) is 47.3 Å². The topological polar surface area (TPSA) is 61.9 Å². The summed E-state index contributed by atoms with van der Waals surface area (Å²) in [6, 6.07) is 10.6. The molecule has 0 radical (unpaired) electrons. The molecule has 1 aliphatic rings. The third-order valence-electron chi connectivity index (χ3n) is 6.77. The second-order valence-electron chi connectivity index (χ2n) is 11.8. The predicted octanol–water partition coefficient (Wildman–Crippen LogP) is 4.89. The number of ether oxygens (including phenoxy) is 1. The van der Waals surface area contributed by atoms with Crippen LogP contribution in [0.25, 0.3) is 6.08 Å². The fourth-order valence-electron chi connectivity index (χ4n) is 4.69. The SMILES string of the molecule is CN(C)c1ccc2c(c1)[Si](C)(C)c1cc(N(C)C)cc(/C=C/CCCCNC(=O)OC(C)(C)C)c1C2=O. The number of rotatable bonds is 8. The van der Waals surface area contributed by atoms with Crippen LogP contribution >= 0.6 is 0 Å². The number of fused-ring (bicyclic) bond motifs is 2. The Bertz CT molecular complexity index is 1190. The lowest BCUT2D eigenvalue weighted by Gasteiger charge is -2.35. The number of nitrogens with one attached hydrogen (secondary N) is 1. The van der Waals surface area contributed by atoms with E-state index in [-0.39, 0.29) is 11.9 Å². The molecule has 0 saturated carbocycles. The Morgan fingerprint density at radius 1 is 0.973 bits per heavy atom. The summed E-state index contributed by atoms with van der Waals surface area (Å²) in [6.45, 7) is 10.8. The van der Waals surface area contributed by atoms with E-state index in [4.69, 9.17) is 4.74 Å². The Labute approximate surface area is 223 Å². The van der Waals surface area contributed by atoms with Gasteiger partial charge in [0, 0.05) is 57.2 Å². The molecule has 2 aromatic carbocycles. The van der Waals surface area contributed by atoms with Crippen LogP contribution in [0.1, 0.15) is 61.5 Å². The van der Waals surface area contributed by atoms with Crippen LogP contribution in [0, 0.1) is 0 Å². The van der Waals surface area contributed by atoms with Gasteiger partial charge < -0.3 is 19.9 Å². The van der Waals surface area contributed by atoms with Gasteiger partial charge in [-0.25, -0.2) is 4.79 Å². The fourth-order valence-corrected chi connectivity index (χ4v) is 7.75. The van der Waals surface area contributed by atoms with Crippen molar-refractivity contribution >= 4 is 47.8 Å². The smallest absolute Gasteiger partial charge is 0.407 e. The van der Waals surface area contributed by atoms with Crippen molar-refractivity contribution in [2.75, 3.05) is 44.5 Å². The molecule has 0 unspecified atom stereocenters. The zero-order chi connectivity index (χ0) is 27.5. The van der Waals surface area contributed by atoms with Gasteiger partial charge in [0.2, 0.25) is 0 Å². The average Bonchev–Trinajstić information content (AvgIpc) is 2.80. The molecule has 0 fully saturated rings. The Kier molecular flexibility index (Phi) is 8.58. The van der Waals surface area contributed by atoms with Crippen LogP contribution in [0.4, 0.5) is 16.2 Å². The number of nitrogens with zero attached hydrogens (tertiary/aromatic N) is 2. The number of anilines is 2. The molecule has 2 aromatic rings. The molecular formula is C30H43N3O3Si. The summed E-state index contributed by atoms with van der Waals surface area (Å²) in [6.07, 6.45) is 6.54. The van der Waals surface area contributed by atoms with Gasteiger partial charge in [-0.3, -0.25) is 4.79 Å². The zero-order valence-corrected chi connectivity index (χ0v) is 25.0. The highest BCUT2D eigenvalue weighted by Crippen LogP contribution is 2.29. The average molecular weight is 522 g/mol. The van der Waals surface area contributed by atoms with Crippen molar-refractivity contribution in [1.29, 1.82) is 0 Å². The lowest BCUT2D eigenvalue weighted by molar-refractivity contribution is 0.0527. The van der Waals surface area contributed by atoms with Crippen molar-refractivity contribution in [2.45, 2.75) is 58.7 Å². The molecule has 1 aliphatic heterocycles. The molecule has 7 heteroatoms. The largest absolute Gasteiger partial charge is 0.444 e. The number of alkyl carbamates (subject to hydrolysis) is 1. The van der Waals surface area contributed by atoms with Gasteiger partial charge in [-0.05, 0) is 86.3 Å². The summed E-state index contributed by atoms with van der Waals surface area (Å²) in [5, 5.41) is 5.22. The lowest BCUT2D eigenvalue weighted by Crippen LogP contribution is -2.60. The molecule has 0 aromatic heterocycles. The maximum atomic E-state index is 13.8. The van der Waals surface area contributed by atoms with Crippen molar-refractivity contribution in [2.24, 2.45) is 0 Å². The maximum absolute atomic E-state index is 13.8. The number of unbranched alkanes of at least 4 members (excludes halogenated alkanes) is 2. The van der Waals surface area contributed by atoms with Crippen LogP contribution in [-0.4, -0.2) is 60.3 Å². The summed E-state index contributed by atoms with van der Waals surface area (Å²) in [7, 11) is 6.05. The van der Waals surface area contributed by atoms with Gasteiger partial charge in [0.15, 0.2) is 5.78 Å². The van der Waals surface area contributed by atoms with Gasteiger partial charge in [0.1, 0.15) is 13.7 Å².